The van der Waals surface area contributed by atoms with Gasteiger partial charge in [0, 0.05) is 71.9 Å². The number of nitrogens with one attached hydrogen (secondary N) is 2. The van der Waals surface area contributed by atoms with Crippen LogP contribution in [0.3, 0.4) is 0 Å². The van der Waals surface area contributed by atoms with E-state index in [2.05, 4.69) is 10.6 Å². The Morgan fingerprint density at radius 2 is 0.897 bits per heavy atom. The van der Waals surface area contributed by atoms with E-state index < -0.39 is 17.9 Å². The van der Waals surface area contributed by atoms with Gasteiger partial charge in [0.05, 0.1) is 26.2 Å². The van der Waals surface area contributed by atoms with Gasteiger partial charge < -0.3 is 26.0 Å². The Morgan fingerprint density at radius 1 is 0.564 bits per heavy atom. The van der Waals surface area contributed by atoms with Crippen molar-refractivity contribution < 1.29 is 39.3 Å². The molecule has 2 amide bonds. The number of hydrogen-bond donors (Lipinski definition) is 5. The lowest BCUT2D eigenvalue weighted by Crippen LogP contribution is -2.50. The van der Waals surface area contributed by atoms with Crippen LogP contribution in [0, 0.1) is 0 Å². The number of hydrogen-bond acceptors (Lipinski definition) is 9. The fourth-order valence-corrected chi connectivity index (χ4v) is 3.85. The van der Waals surface area contributed by atoms with Crippen molar-refractivity contribution in [1.29, 1.82) is 0 Å². The summed E-state index contributed by atoms with van der Waals surface area (Å²) in [7, 11) is 0. The molecule has 1 saturated heterocycles. The molecule has 0 spiro atoms. The summed E-state index contributed by atoms with van der Waals surface area (Å²) in [5.41, 5.74) is 0. The topological polar surface area (TPSA) is 183 Å². The average Bonchev–Trinajstić information content (AvgIpc) is 2.86. The molecule has 0 aromatic rings. The predicted molar refractivity (Wildman–Crippen MR) is 146 cm³/mol. The normalized spacial score (nSPS) is 16.6. The Balaban J connectivity index is 0.00000704. The molecule has 39 heavy (non-hydrogen) atoms. The maximum absolute atomic E-state index is 12.5. The third-order valence-electron chi connectivity index (χ3n) is 5.90. The summed E-state index contributed by atoms with van der Waals surface area (Å²) >= 11 is 0. The van der Waals surface area contributed by atoms with Gasteiger partial charge in [-0.3, -0.25) is 43.6 Å². The second kappa shape index (κ2) is 22.1. The smallest absolute Gasteiger partial charge is 0.317 e. The molecule has 226 valence electrons. The van der Waals surface area contributed by atoms with Gasteiger partial charge in [0.15, 0.2) is 0 Å². The zero-order chi connectivity index (χ0) is 29.6. The molecule has 0 atom stereocenters. The maximum atomic E-state index is 12.5. The molecule has 1 fully saturated rings. The predicted octanol–water partition coefficient (Wildman–Crippen LogP) is -1.09. The molecule has 1 rings (SSSR count). The Morgan fingerprint density at radius 3 is 1.23 bits per heavy atom. The highest BCUT2D eigenvalue weighted by Crippen LogP contribution is 2.01. The van der Waals surface area contributed by atoms with Crippen molar-refractivity contribution >= 4 is 29.7 Å². The van der Waals surface area contributed by atoms with E-state index >= 15 is 0 Å². The fraction of sp³-hybridized carbons (Fsp3) is 0.800. The Hall–Kier alpha value is -2.81. The third-order valence-corrected chi connectivity index (χ3v) is 5.90. The number of amides is 2. The van der Waals surface area contributed by atoms with E-state index in [1.165, 1.54) is 0 Å². The Bertz CT molecular complexity index is 722. The number of carboxylic acids is 3. The van der Waals surface area contributed by atoms with Gasteiger partial charge in [-0.1, -0.05) is 27.2 Å². The van der Waals surface area contributed by atoms with E-state index in [-0.39, 0.29) is 51.0 Å². The second-order valence-corrected chi connectivity index (χ2v) is 9.09. The summed E-state index contributed by atoms with van der Waals surface area (Å²) in [4.78, 5) is 65.2. The fourth-order valence-electron chi connectivity index (χ4n) is 3.85. The Labute approximate surface area is 231 Å². The summed E-state index contributed by atoms with van der Waals surface area (Å²) in [6.45, 7) is 8.79. The highest BCUT2D eigenvalue weighted by molar-refractivity contribution is 5.80. The van der Waals surface area contributed by atoms with Gasteiger partial charge in [-0.15, -0.1) is 0 Å². The van der Waals surface area contributed by atoms with Crippen LogP contribution < -0.4 is 10.6 Å². The highest BCUT2D eigenvalue weighted by Gasteiger charge is 2.21. The summed E-state index contributed by atoms with van der Waals surface area (Å²) in [6, 6.07) is 0. The maximum Gasteiger partial charge on any atom is 0.317 e. The molecule has 0 aliphatic carbocycles. The van der Waals surface area contributed by atoms with Crippen molar-refractivity contribution in [2.75, 3.05) is 91.6 Å². The van der Waals surface area contributed by atoms with Crippen LogP contribution >= 0.6 is 0 Å². The first-order valence-corrected chi connectivity index (χ1v) is 13.7. The molecule has 1 aliphatic heterocycles. The molecule has 0 aromatic heterocycles. The van der Waals surface area contributed by atoms with Gasteiger partial charge in [0.2, 0.25) is 11.8 Å². The van der Waals surface area contributed by atoms with Crippen LogP contribution in [0.1, 0.15) is 40.0 Å². The first-order chi connectivity index (χ1) is 18.6. The van der Waals surface area contributed by atoms with Crippen LogP contribution in [0.15, 0.2) is 0 Å². The van der Waals surface area contributed by atoms with Crippen LogP contribution in [0.4, 0.5) is 0 Å². The number of rotatable bonds is 14. The lowest BCUT2D eigenvalue weighted by Gasteiger charge is -2.32. The van der Waals surface area contributed by atoms with Crippen molar-refractivity contribution in [3.8, 4) is 0 Å². The van der Waals surface area contributed by atoms with E-state index in [4.69, 9.17) is 0 Å². The largest absolute Gasteiger partial charge is 0.480 e. The van der Waals surface area contributed by atoms with Crippen molar-refractivity contribution in [3.05, 3.63) is 0 Å². The van der Waals surface area contributed by atoms with Crippen LogP contribution in [0.5, 0.6) is 0 Å². The van der Waals surface area contributed by atoms with Crippen LogP contribution in [0.25, 0.3) is 0 Å². The van der Waals surface area contributed by atoms with E-state index in [9.17, 15) is 39.3 Å². The lowest BCUT2D eigenvalue weighted by molar-refractivity contribution is -0.140. The number of carbonyl (C=O) groups excluding carboxylic acids is 2. The van der Waals surface area contributed by atoms with Crippen molar-refractivity contribution in [3.63, 3.8) is 0 Å². The van der Waals surface area contributed by atoms with Gasteiger partial charge in [0.1, 0.15) is 0 Å². The van der Waals surface area contributed by atoms with Crippen molar-refractivity contribution in [1.82, 2.24) is 30.2 Å². The van der Waals surface area contributed by atoms with Crippen LogP contribution in [-0.4, -0.2) is 156 Å². The first-order valence-electron chi connectivity index (χ1n) is 13.7. The lowest BCUT2D eigenvalue weighted by atomic mass is 10.3. The van der Waals surface area contributed by atoms with E-state index in [1.807, 2.05) is 25.7 Å². The molecule has 1 heterocycles. The summed E-state index contributed by atoms with van der Waals surface area (Å²) in [6.07, 6.45) is 2.03. The van der Waals surface area contributed by atoms with Crippen LogP contribution in [0.2, 0.25) is 0 Å². The third kappa shape index (κ3) is 19.9. The number of aliphatic carboxylic acids is 3. The van der Waals surface area contributed by atoms with Gasteiger partial charge in [-0.25, -0.2) is 0 Å². The van der Waals surface area contributed by atoms with Gasteiger partial charge >= 0.3 is 17.9 Å². The summed E-state index contributed by atoms with van der Waals surface area (Å²) < 4.78 is 0. The van der Waals surface area contributed by atoms with Crippen LogP contribution in [-0.2, 0) is 24.0 Å². The number of carbonyl (C=O) groups is 5. The van der Waals surface area contributed by atoms with Crippen molar-refractivity contribution in [2.24, 2.45) is 0 Å². The number of unbranched alkanes of at least 4 members (excludes halogenated alkanes) is 1. The summed E-state index contributed by atoms with van der Waals surface area (Å²) in [5, 5.41) is 33.3. The monoisotopic (exact) mass is 560 g/mol. The van der Waals surface area contributed by atoms with Gasteiger partial charge in [-0.2, -0.15) is 0 Å². The highest BCUT2D eigenvalue weighted by atomic mass is 16.4. The minimum Gasteiger partial charge on any atom is -0.480 e. The van der Waals surface area contributed by atoms with E-state index in [1.54, 1.807) is 14.7 Å². The van der Waals surface area contributed by atoms with Gasteiger partial charge in [0.25, 0.3) is 0 Å². The zero-order valence-electron chi connectivity index (χ0n) is 23.7. The molecule has 14 nitrogen and oxygen atoms in total. The minimum absolute atomic E-state index is 0.0183. The van der Waals surface area contributed by atoms with Crippen molar-refractivity contribution in [2.45, 2.75) is 40.0 Å². The minimum atomic E-state index is -1.02. The molecule has 0 radical (unpaired) electrons. The number of nitrogens with zero attached hydrogens (tertiary/aromatic N) is 4. The first kappa shape index (κ1) is 36.2. The standard InChI is InChI=1S/C23H42N6O8.C2H6/c1-2-3-5-24-19(30)4-6-25-20(31)15-26-7-9-27(16-21(32)33)11-13-29(18-23(36)37)14-12-28(10-8-26)17-22(34)35;1-2/h2-18H2,1H3,(H,24,30)(H,25,31)(H,32,33)(H,34,35)(H,36,37);1-2H3. The summed E-state index contributed by atoms with van der Waals surface area (Å²) in [5.74, 6) is -3.45. The zero-order valence-corrected chi connectivity index (χ0v) is 23.7. The molecule has 0 unspecified atom stereocenters. The SMILES string of the molecule is CC.CCCCNC(=O)CCNC(=O)CN1CCN(CC(=O)O)CCN(CC(=O)O)CCN(CC(=O)O)CC1. The van der Waals surface area contributed by atoms with Gasteiger partial charge in [-0.05, 0) is 6.42 Å². The molecular formula is C25H48N6O8. The molecule has 0 saturated carbocycles. The molecule has 0 bridgehead atoms. The molecule has 1 aliphatic rings. The quantitative estimate of drug-likeness (QED) is 0.162. The average molecular weight is 561 g/mol. The molecular weight excluding hydrogens is 512 g/mol. The number of carboxylic acid groups (broad SMARTS) is 3. The molecule has 14 heteroatoms. The second-order valence-electron chi connectivity index (χ2n) is 9.09. The molecule has 0 aromatic carbocycles. The molecule has 5 N–H and O–H groups in total. The van der Waals surface area contributed by atoms with E-state index in [0.717, 1.165) is 12.8 Å². The Kier molecular flexibility index (Phi) is 20.5. The van der Waals surface area contributed by atoms with E-state index in [0.29, 0.717) is 58.9 Å².